The standard InChI is InChI=1S/C11H22N2O3/c1-4-5-13(6-7-15-2)11(14)8-10(9-12)16-3/h4,10H,1,5-9,12H2,2-3H3. The Hall–Kier alpha value is -0.910. The highest BCUT2D eigenvalue weighted by Gasteiger charge is 2.16. The molecule has 1 atom stereocenters. The Bertz CT molecular complexity index is 205. The van der Waals surface area contributed by atoms with Crippen molar-refractivity contribution in [2.24, 2.45) is 5.73 Å². The van der Waals surface area contributed by atoms with Crippen LogP contribution in [-0.4, -0.2) is 57.4 Å². The van der Waals surface area contributed by atoms with Gasteiger partial charge in [-0.1, -0.05) is 6.08 Å². The lowest BCUT2D eigenvalue weighted by molar-refractivity contribution is -0.133. The normalized spacial score (nSPS) is 12.2. The van der Waals surface area contributed by atoms with E-state index in [2.05, 4.69) is 6.58 Å². The molecule has 0 aromatic heterocycles. The predicted octanol–water partition coefficient (Wildman–Crippen LogP) is 0.0112. The Labute approximate surface area is 97.2 Å². The van der Waals surface area contributed by atoms with Crippen LogP contribution in [0.2, 0.25) is 0 Å². The first-order valence-corrected chi connectivity index (χ1v) is 5.30. The molecule has 0 bridgehead atoms. The van der Waals surface area contributed by atoms with Gasteiger partial charge in [0.1, 0.15) is 0 Å². The Kier molecular flexibility index (Phi) is 8.80. The molecule has 2 N–H and O–H groups in total. The molecule has 0 fully saturated rings. The van der Waals surface area contributed by atoms with Crippen LogP contribution in [-0.2, 0) is 14.3 Å². The number of carbonyl (C=O) groups excluding carboxylic acids is 1. The molecule has 16 heavy (non-hydrogen) atoms. The topological polar surface area (TPSA) is 64.8 Å². The number of rotatable bonds is 9. The zero-order valence-corrected chi connectivity index (χ0v) is 10.1. The molecular formula is C11H22N2O3. The number of hydrogen-bond acceptors (Lipinski definition) is 4. The molecule has 0 saturated heterocycles. The van der Waals surface area contributed by atoms with E-state index >= 15 is 0 Å². The summed E-state index contributed by atoms with van der Waals surface area (Å²) in [6, 6.07) is 0. The smallest absolute Gasteiger partial charge is 0.225 e. The number of ether oxygens (including phenoxy) is 2. The summed E-state index contributed by atoms with van der Waals surface area (Å²) in [4.78, 5) is 13.5. The van der Waals surface area contributed by atoms with Gasteiger partial charge in [-0.3, -0.25) is 4.79 Å². The highest BCUT2D eigenvalue weighted by molar-refractivity contribution is 5.76. The summed E-state index contributed by atoms with van der Waals surface area (Å²) < 4.78 is 10.0. The highest BCUT2D eigenvalue weighted by Crippen LogP contribution is 2.01. The van der Waals surface area contributed by atoms with Gasteiger partial charge in [0.05, 0.1) is 19.1 Å². The Morgan fingerprint density at radius 2 is 2.25 bits per heavy atom. The summed E-state index contributed by atoms with van der Waals surface area (Å²) in [5, 5.41) is 0. The summed E-state index contributed by atoms with van der Waals surface area (Å²) >= 11 is 0. The molecule has 0 heterocycles. The van der Waals surface area contributed by atoms with Crippen molar-refractivity contribution in [3.63, 3.8) is 0 Å². The fraction of sp³-hybridized carbons (Fsp3) is 0.727. The first-order valence-electron chi connectivity index (χ1n) is 5.30. The van der Waals surface area contributed by atoms with Crippen LogP contribution in [0.25, 0.3) is 0 Å². The summed E-state index contributed by atoms with van der Waals surface area (Å²) in [5.41, 5.74) is 5.47. The second-order valence-electron chi connectivity index (χ2n) is 3.42. The Morgan fingerprint density at radius 3 is 2.69 bits per heavy atom. The van der Waals surface area contributed by atoms with Crippen LogP contribution in [0.4, 0.5) is 0 Å². The minimum absolute atomic E-state index is 0.00856. The molecule has 0 saturated carbocycles. The van der Waals surface area contributed by atoms with Crippen LogP contribution in [0, 0.1) is 0 Å². The molecule has 0 spiro atoms. The molecule has 94 valence electrons. The van der Waals surface area contributed by atoms with E-state index in [1.54, 1.807) is 25.2 Å². The van der Waals surface area contributed by atoms with Gasteiger partial charge in [0.2, 0.25) is 5.91 Å². The third-order valence-corrected chi connectivity index (χ3v) is 2.27. The lowest BCUT2D eigenvalue weighted by Gasteiger charge is -2.22. The second kappa shape index (κ2) is 9.33. The number of hydrogen-bond donors (Lipinski definition) is 1. The zero-order chi connectivity index (χ0) is 12.4. The van der Waals surface area contributed by atoms with E-state index in [-0.39, 0.29) is 12.0 Å². The molecule has 1 amide bonds. The van der Waals surface area contributed by atoms with Crippen molar-refractivity contribution < 1.29 is 14.3 Å². The molecule has 0 aromatic rings. The summed E-state index contributed by atoms with van der Waals surface area (Å²) in [7, 11) is 3.16. The molecule has 0 aliphatic carbocycles. The van der Waals surface area contributed by atoms with Crippen molar-refractivity contribution in [1.82, 2.24) is 4.90 Å². The van der Waals surface area contributed by atoms with Crippen LogP contribution in [0.15, 0.2) is 12.7 Å². The highest BCUT2D eigenvalue weighted by atomic mass is 16.5. The van der Waals surface area contributed by atoms with Crippen molar-refractivity contribution >= 4 is 5.91 Å². The average Bonchev–Trinajstić information content (AvgIpc) is 2.31. The lowest BCUT2D eigenvalue weighted by Crippen LogP contribution is -2.38. The minimum Gasteiger partial charge on any atom is -0.383 e. The van der Waals surface area contributed by atoms with Gasteiger partial charge in [0.15, 0.2) is 0 Å². The molecule has 0 aromatic carbocycles. The largest absolute Gasteiger partial charge is 0.383 e. The third kappa shape index (κ3) is 5.85. The molecule has 0 aliphatic heterocycles. The van der Waals surface area contributed by atoms with Gasteiger partial charge in [0.25, 0.3) is 0 Å². The van der Waals surface area contributed by atoms with E-state index in [1.807, 2.05) is 0 Å². The Balaban J connectivity index is 4.18. The summed E-state index contributed by atoms with van der Waals surface area (Å²) in [6.45, 7) is 5.55. The average molecular weight is 230 g/mol. The molecule has 5 heteroatoms. The van der Waals surface area contributed by atoms with Gasteiger partial charge in [-0.2, -0.15) is 0 Å². The third-order valence-electron chi connectivity index (χ3n) is 2.27. The van der Waals surface area contributed by atoms with Gasteiger partial charge < -0.3 is 20.1 Å². The van der Waals surface area contributed by atoms with Crippen LogP contribution in [0.1, 0.15) is 6.42 Å². The Morgan fingerprint density at radius 1 is 1.56 bits per heavy atom. The van der Waals surface area contributed by atoms with E-state index in [4.69, 9.17) is 15.2 Å². The fourth-order valence-corrected chi connectivity index (χ4v) is 1.26. The monoisotopic (exact) mass is 230 g/mol. The summed E-state index contributed by atoms with van der Waals surface area (Å²) in [6.07, 6.45) is 1.77. The molecule has 1 unspecified atom stereocenters. The van der Waals surface area contributed by atoms with Gasteiger partial charge in [-0.05, 0) is 0 Å². The van der Waals surface area contributed by atoms with E-state index in [0.29, 0.717) is 32.7 Å². The van der Waals surface area contributed by atoms with E-state index in [0.717, 1.165) is 0 Å². The SMILES string of the molecule is C=CCN(CCOC)C(=O)CC(CN)OC. The van der Waals surface area contributed by atoms with Gasteiger partial charge >= 0.3 is 0 Å². The quantitative estimate of drug-likeness (QED) is 0.567. The lowest BCUT2D eigenvalue weighted by atomic mass is 10.2. The molecule has 0 rings (SSSR count). The zero-order valence-electron chi connectivity index (χ0n) is 10.1. The number of nitrogens with zero attached hydrogens (tertiary/aromatic N) is 1. The maximum absolute atomic E-state index is 11.9. The van der Waals surface area contributed by atoms with E-state index < -0.39 is 0 Å². The minimum atomic E-state index is -0.220. The predicted molar refractivity (Wildman–Crippen MR) is 63.1 cm³/mol. The maximum Gasteiger partial charge on any atom is 0.225 e. The molecular weight excluding hydrogens is 208 g/mol. The van der Waals surface area contributed by atoms with Crippen LogP contribution >= 0.6 is 0 Å². The van der Waals surface area contributed by atoms with Crippen molar-refractivity contribution in [3.8, 4) is 0 Å². The molecule has 0 aliphatic rings. The van der Waals surface area contributed by atoms with Crippen LogP contribution in [0.5, 0.6) is 0 Å². The van der Waals surface area contributed by atoms with Crippen molar-refractivity contribution in [1.29, 1.82) is 0 Å². The van der Waals surface area contributed by atoms with Gasteiger partial charge in [0, 0.05) is 33.9 Å². The van der Waals surface area contributed by atoms with Crippen LogP contribution < -0.4 is 5.73 Å². The number of methoxy groups -OCH3 is 2. The first-order chi connectivity index (χ1) is 7.69. The number of amides is 1. The van der Waals surface area contributed by atoms with Gasteiger partial charge in [-0.25, -0.2) is 0 Å². The summed E-state index contributed by atoms with van der Waals surface area (Å²) in [5.74, 6) is 0.00856. The van der Waals surface area contributed by atoms with Crippen molar-refractivity contribution in [2.45, 2.75) is 12.5 Å². The molecule has 5 nitrogen and oxygen atoms in total. The van der Waals surface area contributed by atoms with E-state index in [1.165, 1.54) is 0 Å². The fourth-order valence-electron chi connectivity index (χ4n) is 1.26. The second-order valence-corrected chi connectivity index (χ2v) is 3.42. The number of carbonyl (C=O) groups is 1. The van der Waals surface area contributed by atoms with Gasteiger partial charge in [-0.15, -0.1) is 6.58 Å². The van der Waals surface area contributed by atoms with Crippen LogP contribution in [0.3, 0.4) is 0 Å². The number of nitrogens with two attached hydrogens (primary N) is 1. The van der Waals surface area contributed by atoms with Crippen molar-refractivity contribution in [2.75, 3.05) is 40.5 Å². The van der Waals surface area contributed by atoms with E-state index in [9.17, 15) is 4.79 Å². The maximum atomic E-state index is 11.9. The first kappa shape index (κ1) is 15.1. The molecule has 0 radical (unpaired) electrons. The van der Waals surface area contributed by atoms with Crippen molar-refractivity contribution in [3.05, 3.63) is 12.7 Å².